The van der Waals surface area contributed by atoms with Crippen LogP contribution in [0.15, 0.2) is 0 Å². The van der Waals surface area contributed by atoms with Gasteiger partial charge in [-0.15, -0.1) is 0 Å². The molecule has 0 spiro atoms. The van der Waals surface area contributed by atoms with Crippen LogP contribution in [-0.4, -0.2) is 30.1 Å². The molecule has 2 heteroatoms. The molecule has 0 aliphatic carbocycles. The SMILES string of the molecule is CCCCC(CC)(CN)N1CCC(CC)C1. The summed E-state index contributed by atoms with van der Waals surface area (Å²) in [5, 5.41) is 0. The maximum absolute atomic E-state index is 6.08. The number of nitrogens with two attached hydrogens (primary N) is 1. The minimum atomic E-state index is 0.305. The largest absolute Gasteiger partial charge is 0.329 e. The number of rotatable bonds is 7. The molecule has 0 bridgehead atoms. The second kappa shape index (κ2) is 6.61. The van der Waals surface area contributed by atoms with Crippen LogP contribution in [0.25, 0.3) is 0 Å². The van der Waals surface area contributed by atoms with Crippen LogP contribution in [0.3, 0.4) is 0 Å². The fraction of sp³-hybridized carbons (Fsp3) is 1.00. The van der Waals surface area contributed by atoms with Gasteiger partial charge in [-0.1, -0.05) is 40.0 Å². The van der Waals surface area contributed by atoms with Crippen molar-refractivity contribution in [2.75, 3.05) is 19.6 Å². The Morgan fingerprint density at radius 3 is 2.50 bits per heavy atom. The van der Waals surface area contributed by atoms with Gasteiger partial charge in [0.25, 0.3) is 0 Å². The lowest BCUT2D eigenvalue weighted by atomic mass is 9.88. The Bertz CT molecular complexity index is 187. The van der Waals surface area contributed by atoms with E-state index in [1.807, 2.05) is 0 Å². The van der Waals surface area contributed by atoms with E-state index in [4.69, 9.17) is 5.73 Å². The lowest BCUT2D eigenvalue weighted by Crippen LogP contribution is -2.52. The quantitative estimate of drug-likeness (QED) is 0.723. The smallest absolute Gasteiger partial charge is 0.0329 e. The molecule has 0 aromatic heterocycles. The molecule has 2 nitrogen and oxygen atoms in total. The monoisotopic (exact) mass is 226 g/mol. The predicted molar refractivity (Wildman–Crippen MR) is 71.6 cm³/mol. The summed E-state index contributed by atoms with van der Waals surface area (Å²) in [5.41, 5.74) is 6.39. The van der Waals surface area contributed by atoms with Crippen LogP contribution >= 0.6 is 0 Å². The molecule has 1 fully saturated rings. The molecular formula is C14H30N2. The summed E-state index contributed by atoms with van der Waals surface area (Å²) in [6.45, 7) is 10.3. The molecule has 0 aromatic rings. The minimum Gasteiger partial charge on any atom is -0.329 e. The molecule has 2 N–H and O–H groups in total. The molecule has 1 heterocycles. The first-order valence-corrected chi connectivity index (χ1v) is 7.17. The summed E-state index contributed by atoms with van der Waals surface area (Å²) in [4.78, 5) is 2.69. The first kappa shape index (κ1) is 14.0. The predicted octanol–water partition coefficient (Wildman–Crippen LogP) is 3.02. The normalized spacial score (nSPS) is 25.9. The average Bonchev–Trinajstić information content (AvgIpc) is 2.80. The topological polar surface area (TPSA) is 29.3 Å². The van der Waals surface area contributed by atoms with E-state index in [1.165, 1.54) is 51.6 Å². The summed E-state index contributed by atoms with van der Waals surface area (Å²) in [5.74, 6) is 0.916. The van der Waals surface area contributed by atoms with Gasteiger partial charge in [0, 0.05) is 18.6 Å². The van der Waals surface area contributed by atoms with Gasteiger partial charge in [0.15, 0.2) is 0 Å². The number of unbranched alkanes of at least 4 members (excludes halogenated alkanes) is 1. The second-order valence-electron chi connectivity index (χ2n) is 5.39. The van der Waals surface area contributed by atoms with Gasteiger partial charge in [0.2, 0.25) is 0 Å². The Balaban J connectivity index is 2.61. The van der Waals surface area contributed by atoms with Crippen molar-refractivity contribution in [1.82, 2.24) is 4.90 Å². The van der Waals surface area contributed by atoms with Crippen LogP contribution in [0.5, 0.6) is 0 Å². The standard InChI is InChI=1S/C14H30N2/c1-4-7-9-14(6-3,12-15)16-10-8-13(5-2)11-16/h13H,4-12,15H2,1-3H3. The fourth-order valence-electron chi connectivity index (χ4n) is 3.04. The van der Waals surface area contributed by atoms with Gasteiger partial charge in [-0.2, -0.15) is 0 Å². The minimum absolute atomic E-state index is 0.305. The highest BCUT2D eigenvalue weighted by Crippen LogP contribution is 2.32. The van der Waals surface area contributed by atoms with Crippen molar-refractivity contribution in [2.45, 2.75) is 64.8 Å². The third-order valence-corrected chi connectivity index (χ3v) is 4.57. The molecule has 0 saturated carbocycles. The molecule has 0 aromatic carbocycles. The first-order valence-electron chi connectivity index (χ1n) is 7.17. The Morgan fingerprint density at radius 2 is 2.06 bits per heavy atom. The average molecular weight is 226 g/mol. The van der Waals surface area contributed by atoms with Gasteiger partial charge in [0.05, 0.1) is 0 Å². The molecule has 1 rings (SSSR count). The highest BCUT2D eigenvalue weighted by Gasteiger charge is 2.37. The lowest BCUT2D eigenvalue weighted by molar-refractivity contribution is 0.101. The van der Waals surface area contributed by atoms with Gasteiger partial charge in [-0.05, 0) is 31.7 Å². The van der Waals surface area contributed by atoms with Crippen molar-refractivity contribution in [3.05, 3.63) is 0 Å². The highest BCUT2D eigenvalue weighted by molar-refractivity contribution is 4.94. The molecule has 1 aliphatic rings. The highest BCUT2D eigenvalue weighted by atomic mass is 15.2. The molecule has 2 unspecified atom stereocenters. The summed E-state index contributed by atoms with van der Waals surface area (Å²) in [6.07, 6.45) is 7.80. The molecular weight excluding hydrogens is 196 g/mol. The van der Waals surface area contributed by atoms with Crippen LogP contribution in [0.1, 0.15) is 59.3 Å². The van der Waals surface area contributed by atoms with Gasteiger partial charge in [-0.3, -0.25) is 4.90 Å². The number of likely N-dealkylation sites (tertiary alicyclic amines) is 1. The number of hydrogen-bond acceptors (Lipinski definition) is 2. The summed E-state index contributed by atoms with van der Waals surface area (Å²) in [7, 11) is 0. The van der Waals surface area contributed by atoms with E-state index in [0.717, 1.165) is 12.5 Å². The second-order valence-corrected chi connectivity index (χ2v) is 5.39. The van der Waals surface area contributed by atoms with Gasteiger partial charge < -0.3 is 5.73 Å². The van der Waals surface area contributed by atoms with E-state index in [0.29, 0.717) is 5.54 Å². The van der Waals surface area contributed by atoms with E-state index in [-0.39, 0.29) is 0 Å². The molecule has 1 aliphatic heterocycles. The van der Waals surface area contributed by atoms with E-state index in [2.05, 4.69) is 25.7 Å². The van der Waals surface area contributed by atoms with Crippen LogP contribution in [-0.2, 0) is 0 Å². The zero-order valence-electron chi connectivity index (χ0n) is 11.5. The molecule has 0 radical (unpaired) electrons. The Hall–Kier alpha value is -0.0800. The van der Waals surface area contributed by atoms with E-state index in [9.17, 15) is 0 Å². The molecule has 96 valence electrons. The van der Waals surface area contributed by atoms with Crippen molar-refractivity contribution < 1.29 is 0 Å². The zero-order valence-corrected chi connectivity index (χ0v) is 11.5. The molecule has 2 atom stereocenters. The van der Waals surface area contributed by atoms with E-state index >= 15 is 0 Å². The van der Waals surface area contributed by atoms with Crippen molar-refractivity contribution >= 4 is 0 Å². The number of nitrogens with zero attached hydrogens (tertiary/aromatic N) is 1. The third kappa shape index (κ3) is 2.98. The number of hydrogen-bond donors (Lipinski definition) is 1. The van der Waals surface area contributed by atoms with Crippen molar-refractivity contribution in [3.8, 4) is 0 Å². The lowest BCUT2D eigenvalue weighted by Gasteiger charge is -2.41. The van der Waals surface area contributed by atoms with Crippen LogP contribution < -0.4 is 5.73 Å². The van der Waals surface area contributed by atoms with Crippen LogP contribution in [0.4, 0.5) is 0 Å². The first-order chi connectivity index (χ1) is 7.72. The summed E-state index contributed by atoms with van der Waals surface area (Å²) < 4.78 is 0. The Kier molecular flexibility index (Phi) is 5.77. The molecule has 1 saturated heterocycles. The summed E-state index contributed by atoms with van der Waals surface area (Å²) >= 11 is 0. The zero-order chi connectivity index (χ0) is 12.0. The maximum atomic E-state index is 6.08. The van der Waals surface area contributed by atoms with Crippen LogP contribution in [0, 0.1) is 5.92 Å². The van der Waals surface area contributed by atoms with Gasteiger partial charge >= 0.3 is 0 Å². The van der Waals surface area contributed by atoms with Crippen molar-refractivity contribution in [2.24, 2.45) is 11.7 Å². The summed E-state index contributed by atoms with van der Waals surface area (Å²) in [6, 6.07) is 0. The van der Waals surface area contributed by atoms with Crippen molar-refractivity contribution in [1.29, 1.82) is 0 Å². The Labute approximate surface area is 102 Å². The van der Waals surface area contributed by atoms with E-state index < -0.39 is 0 Å². The Morgan fingerprint density at radius 1 is 1.31 bits per heavy atom. The van der Waals surface area contributed by atoms with Gasteiger partial charge in [-0.25, -0.2) is 0 Å². The van der Waals surface area contributed by atoms with Gasteiger partial charge in [0.1, 0.15) is 0 Å². The molecule has 0 amide bonds. The third-order valence-electron chi connectivity index (χ3n) is 4.57. The maximum Gasteiger partial charge on any atom is 0.0329 e. The fourth-order valence-corrected chi connectivity index (χ4v) is 3.04. The van der Waals surface area contributed by atoms with E-state index in [1.54, 1.807) is 0 Å². The van der Waals surface area contributed by atoms with Crippen molar-refractivity contribution in [3.63, 3.8) is 0 Å². The molecule has 16 heavy (non-hydrogen) atoms. The van der Waals surface area contributed by atoms with Crippen LogP contribution in [0.2, 0.25) is 0 Å².